The molecular formula is C16H25N3O2. The summed E-state index contributed by atoms with van der Waals surface area (Å²) in [6.07, 6.45) is 6.24. The number of hydrogen-bond donors (Lipinski definition) is 1. The fourth-order valence-electron chi connectivity index (χ4n) is 3.25. The van der Waals surface area contributed by atoms with Crippen LogP contribution in [0.4, 0.5) is 0 Å². The van der Waals surface area contributed by atoms with Crippen LogP contribution in [-0.2, 0) is 16.0 Å². The summed E-state index contributed by atoms with van der Waals surface area (Å²) in [4.78, 5) is 6.48. The third-order valence-corrected chi connectivity index (χ3v) is 4.26. The SMILES string of the molecule is CN(Cc1cccnc1)C[C@@H]1CC[C@]2(CNCCOC2)O1. The van der Waals surface area contributed by atoms with Crippen molar-refractivity contribution >= 4 is 0 Å². The molecule has 1 aromatic rings. The topological polar surface area (TPSA) is 46.6 Å². The normalized spacial score (nSPS) is 29.9. The van der Waals surface area contributed by atoms with Gasteiger partial charge in [-0.05, 0) is 31.5 Å². The lowest BCUT2D eigenvalue weighted by Crippen LogP contribution is -2.43. The Bertz CT molecular complexity index is 432. The van der Waals surface area contributed by atoms with Crippen molar-refractivity contribution in [1.29, 1.82) is 0 Å². The van der Waals surface area contributed by atoms with Gasteiger partial charge in [0.25, 0.3) is 0 Å². The minimum atomic E-state index is -0.101. The second-order valence-electron chi connectivity index (χ2n) is 6.25. The third kappa shape index (κ3) is 4.01. The van der Waals surface area contributed by atoms with E-state index in [1.807, 2.05) is 18.5 Å². The second-order valence-corrected chi connectivity index (χ2v) is 6.25. The molecule has 0 aromatic carbocycles. The summed E-state index contributed by atoms with van der Waals surface area (Å²) < 4.78 is 12.0. The molecule has 1 spiro atoms. The van der Waals surface area contributed by atoms with E-state index >= 15 is 0 Å². The molecule has 0 radical (unpaired) electrons. The molecule has 2 fully saturated rings. The van der Waals surface area contributed by atoms with Crippen molar-refractivity contribution in [2.75, 3.05) is 39.9 Å². The number of nitrogens with zero attached hydrogens (tertiary/aromatic N) is 2. The van der Waals surface area contributed by atoms with Gasteiger partial charge in [0.05, 0.1) is 19.3 Å². The Morgan fingerprint density at radius 1 is 1.52 bits per heavy atom. The first-order valence-electron chi connectivity index (χ1n) is 7.80. The maximum absolute atomic E-state index is 6.33. The quantitative estimate of drug-likeness (QED) is 0.898. The van der Waals surface area contributed by atoms with E-state index in [0.29, 0.717) is 6.10 Å². The number of hydrogen-bond acceptors (Lipinski definition) is 5. The lowest BCUT2D eigenvalue weighted by atomic mass is 10.0. The zero-order valence-corrected chi connectivity index (χ0v) is 12.8. The van der Waals surface area contributed by atoms with Gasteiger partial charge in [0.2, 0.25) is 0 Å². The van der Waals surface area contributed by atoms with Gasteiger partial charge in [-0.2, -0.15) is 0 Å². The van der Waals surface area contributed by atoms with Crippen molar-refractivity contribution in [3.63, 3.8) is 0 Å². The molecule has 0 aliphatic carbocycles. The van der Waals surface area contributed by atoms with Gasteiger partial charge in [0, 0.05) is 38.6 Å². The van der Waals surface area contributed by atoms with Crippen LogP contribution >= 0.6 is 0 Å². The summed E-state index contributed by atoms with van der Waals surface area (Å²) in [5.74, 6) is 0. The lowest BCUT2D eigenvalue weighted by molar-refractivity contribution is -0.0834. The molecule has 3 heterocycles. The molecule has 0 amide bonds. The molecule has 3 rings (SSSR count). The first kappa shape index (κ1) is 14.9. The molecule has 116 valence electrons. The van der Waals surface area contributed by atoms with Crippen LogP contribution in [0.3, 0.4) is 0 Å². The number of rotatable bonds is 4. The smallest absolute Gasteiger partial charge is 0.104 e. The molecule has 1 aromatic heterocycles. The number of pyridine rings is 1. The molecular weight excluding hydrogens is 266 g/mol. The molecule has 2 aliphatic heterocycles. The fraction of sp³-hybridized carbons (Fsp3) is 0.688. The maximum Gasteiger partial charge on any atom is 0.104 e. The minimum Gasteiger partial charge on any atom is -0.377 e. The summed E-state index contributed by atoms with van der Waals surface area (Å²) in [6.45, 7) is 5.22. The Balaban J connectivity index is 1.50. The molecule has 2 aliphatic rings. The van der Waals surface area contributed by atoms with E-state index in [9.17, 15) is 0 Å². The van der Waals surface area contributed by atoms with Crippen LogP contribution < -0.4 is 5.32 Å². The molecule has 21 heavy (non-hydrogen) atoms. The predicted molar refractivity (Wildman–Crippen MR) is 81.1 cm³/mol. The molecule has 0 unspecified atom stereocenters. The highest BCUT2D eigenvalue weighted by atomic mass is 16.6. The first-order chi connectivity index (χ1) is 10.3. The fourth-order valence-corrected chi connectivity index (χ4v) is 3.25. The largest absolute Gasteiger partial charge is 0.377 e. The van der Waals surface area contributed by atoms with Crippen molar-refractivity contribution in [3.05, 3.63) is 30.1 Å². The summed E-state index contributed by atoms with van der Waals surface area (Å²) >= 11 is 0. The van der Waals surface area contributed by atoms with Gasteiger partial charge in [0.15, 0.2) is 0 Å². The number of nitrogens with one attached hydrogen (secondary N) is 1. The summed E-state index contributed by atoms with van der Waals surface area (Å²) in [5, 5.41) is 3.42. The van der Waals surface area contributed by atoms with Crippen LogP contribution in [0.5, 0.6) is 0 Å². The van der Waals surface area contributed by atoms with E-state index in [1.54, 1.807) is 0 Å². The standard InChI is InChI=1S/C16H25N3O2/c1-19(10-14-3-2-6-17-9-14)11-15-4-5-16(21-15)12-18-7-8-20-13-16/h2-3,6,9,15,18H,4-5,7-8,10-13H2,1H3/t15-,16+/m0/s1. The van der Waals surface area contributed by atoms with Crippen LogP contribution in [0.25, 0.3) is 0 Å². The number of aromatic nitrogens is 1. The zero-order chi connectivity index (χ0) is 14.5. The number of ether oxygens (including phenoxy) is 2. The first-order valence-corrected chi connectivity index (χ1v) is 7.80. The number of likely N-dealkylation sites (N-methyl/N-ethyl adjacent to an activating group) is 1. The Morgan fingerprint density at radius 2 is 2.48 bits per heavy atom. The van der Waals surface area contributed by atoms with Gasteiger partial charge in [0.1, 0.15) is 5.60 Å². The summed E-state index contributed by atoms with van der Waals surface area (Å²) in [7, 11) is 2.14. The molecule has 5 nitrogen and oxygen atoms in total. The van der Waals surface area contributed by atoms with Crippen molar-refractivity contribution in [2.24, 2.45) is 0 Å². The van der Waals surface area contributed by atoms with E-state index in [4.69, 9.17) is 9.47 Å². The average Bonchev–Trinajstić information content (AvgIpc) is 2.72. The Kier molecular flexibility index (Phi) is 4.85. The van der Waals surface area contributed by atoms with Gasteiger partial charge >= 0.3 is 0 Å². The maximum atomic E-state index is 6.33. The van der Waals surface area contributed by atoms with Crippen LogP contribution in [0, 0.1) is 0 Å². The molecule has 0 bridgehead atoms. The summed E-state index contributed by atoms with van der Waals surface area (Å²) in [5.41, 5.74) is 1.14. The van der Waals surface area contributed by atoms with E-state index < -0.39 is 0 Å². The highest BCUT2D eigenvalue weighted by molar-refractivity contribution is 5.08. The third-order valence-electron chi connectivity index (χ3n) is 4.26. The van der Waals surface area contributed by atoms with Gasteiger partial charge in [-0.25, -0.2) is 0 Å². The van der Waals surface area contributed by atoms with E-state index in [0.717, 1.165) is 52.2 Å². The molecule has 2 saturated heterocycles. The Hall–Kier alpha value is -1.01. The van der Waals surface area contributed by atoms with Crippen molar-refractivity contribution in [3.8, 4) is 0 Å². The van der Waals surface area contributed by atoms with Crippen LogP contribution in [-0.4, -0.2) is 61.5 Å². The Morgan fingerprint density at radius 3 is 3.33 bits per heavy atom. The van der Waals surface area contributed by atoms with Crippen LogP contribution in [0.15, 0.2) is 24.5 Å². The van der Waals surface area contributed by atoms with E-state index in [2.05, 4.69) is 28.3 Å². The van der Waals surface area contributed by atoms with Gasteiger partial charge in [-0.3, -0.25) is 9.88 Å². The van der Waals surface area contributed by atoms with E-state index in [-0.39, 0.29) is 5.60 Å². The second kappa shape index (κ2) is 6.83. The highest BCUT2D eigenvalue weighted by Gasteiger charge is 2.41. The molecule has 5 heteroatoms. The Labute approximate surface area is 126 Å². The average molecular weight is 291 g/mol. The highest BCUT2D eigenvalue weighted by Crippen LogP contribution is 2.31. The lowest BCUT2D eigenvalue weighted by Gasteiger charge is -2.28. The van der Waals surface area contributed by atoms with Crippen molar-refractivity contribution in [1.82, 2.24) is 15.2 Å². The van der Waals surface area contributed by atoms with Crippen LogP contribution in [0.1, 0.15) is 18.4 Å². The molecule has 1 N–H and O–H groups in total. The van der Waals surface area contributed by atoms with Gasteiger partial charge < -0.3 is 14.8 Å². The molecule has 0 saturated carbocycles. The van der Waals surface area contributed by atoms with Crippen molar-refractivity contribution in [2.45, 2.75) is 31.1 Å². The van der Waals surface area contributed by atoms with Gasteiger partial charge in [-0.15, -0.1) is 0 Å². The van der Waals surface area contributed by atoms with Crippen LogP contribution in [0.2, 0.25) is 0 Å². The van der Waals surface area contributed by atoms with Crippen molar-refractivity contribution < 1.29 is 9.47 Å². The minimum absolute atomic E-state index is 0.101. The predicted octanol–water partition coefficient (Wildman–Crippen LogP) is 1.05. The monoisotopic (exact) mass is 291 g/mol. The van der Waals surface area contributed by atoms with E-state index in [1.165, 1.54) is 5.56 Å². The molecule has 2 atom stereocenters. The zero-order valence-electron chi connectivity index (χ0n) is 12.8. The van der Waals surface area contributed by atoms with Gasteiger partial charge in [-0.1, -0.05) is 6.07 Å². The summed E-state index contributed by atoms with van der Waals surface area (Å²) in [6, 6.07) is 4.10.